The van der Waals surface area contributed by atoms with Crippen molar-refractivity contribution in [2.75, 3.05) is 32.0 Å². The highest BCUT2D eigenvalue weighted by Gasteiger charge is 2.15. The molecular weight excluding hydrogens is 304 g/mol. The van der Waals surface area contributed by atoms with Crippen LogP contribution in [0.2, 0.25) is 0 Å². The lowest BCUT2D eigenvalue weighted by Gasteiger charge is -2.29. The largest absolute Gasteiger partial charge is 0.383 e. The van der Waals surface area contributed by atoms with Crippen LogP contribution in [-0.2, 0) is 0 Å². The van der Waals surface area contributed by atoms with Crippen molar-refractivity contribution in [2.24, 2.45) is 5.92 Å². The molecule has 1 aromatic heterocycles. The maximum atomic E-state index is 8.77. The molecule has 0 radical (unpaired) electrons. The zero-order valence-corrected chi connectivity index (χ0v) is 13.7. The van der Waals surface area contributed by atoms with Gasteiger partial charge in [-0.15, -0.1) is 0 Å². The summed E-state index contributed by atoms with van der Waals surface area (Å²) in [5, 5.41) is 20.7. The second kappa shape index (κ2) is 7.66. The van der Waals surface area contributed by atoms with Crippen LogP contribution in [-0.4, -0.2) is 41.7 Å². The molecule has 0 aromatic carbocycles. The smallest absolute Gasteiger partial charge is 0.158 e. The quantitative estimate of drug-likeness (QED) is 0.620. The minimum Gasteiger partial charge on any atom is -0.383 e. The molecule has 126 valence electrons. The fourth-order valence-electron chi connectivity index (χ4n) is 2.69. The molecule has 0 saturated carbocycles. The van der Waals surface area contributed by atoms with Crippen molar-refractivity contribution in [1.82, 2.24) is 31.0 Å². The Morgan fingerprint density at radius 1 is 1.42 bits per heavy atom. The van der Waals surface area contributed by atoms with Gasteiger partial charge in [-0.1, -0.05) is 0 Å². The fraction of sp³-hybridized carbons (Fsp3) is 0.438. The number of aromatic nitrogens is 2. The number of anilines is 1. The van der Waals surface area contributed by atoms with Gasteiger partial charge >= 0.3 is 0 Å². The van der Waals surface area contributed by atoms with Crippen molar-refractivity contribution in [2.45, 2.75) is 12.8 Å². The Bertz CT molecular complexity index is 652. The average molecular weight is 326 g/mol. The standard InChI is InChI=1S/C16H22N8/c1-24-16(23-15-11-20-14(6-17)9-21-15)5-13(10-22-24)19-8-12-3-2-4-18-7-12/h5,9-12,18-19,22H,2-4,7-8H2,1H3,(H,21,23)/t12-/m1/s1. The first-order chi connectivity index (χ1) is 11.7. The van der Waals surface area contributed by atoms with Crippen LogP contribution in [0.15, 0.2) is 36.2 Å². The molecule has 0 bridgehead atoms. The van der Waals surface area contributed by atoms with Crippen LogP contribution in [0.25, 0.3) is 0 Å². The molecular formula is C16H22N8. The van der Waals surface area contributed by atoms with Gasteiger partial charge in [-0.25, -0.2) is 9.97 Å². The van der Waals surface area contributed by atoms with E-state index in [-0.39, 0.29) is 0 Å². The third-order valence-corrected chi connectivity index (χ3v) is 4.08. The normalized spacial score (nSPS) is 20.3. The summed E-state index contributed by atoms with van der Waals surface area (Å²) in [5.74, 6) is 2.10. The summed E-state index contributed by atoms with van der Waals surface area (Å²) in [6.45, 7) is 3.15. The number of nitrogens with zero attached hydrogens (tertiary/aromatic N) is 4. The number of nitriles is 1. The van der Waals surface area contributed by atoms with Gasteiger partial charge in [0.2, 0.25) is 0 Å². The molecule has 1 saturated heterocycles. The third-order valence-electron chi connectivity index (χ3n) is 4.08. The number of hydrazine groups is 1. The molecule has 3 rings (SSSR count). The topological polar surface area (TPSA) is 101 Å². The van der Waals surface area contributed by atoms with E-state index in [1.807, 2.05) is 30.4 Å². The van der Waals surface area contributed by atoms with Crippen LogP contribution in [0, 0.1) is 17.2 Å². The Hall–Kier alpha value is -2.79. The van der Waals surface area contributed by atoms with Gasteiger partial charge in [0.15, 0.2) is 5.69 Å². The molecule has 2 aliphatic rings. The monoisotopic (exact) mass is 326 g/mol. The number of allylic oxidation sites excluding steroid dienone is 1. The van der Waals surface area contributed by atoms with E-state index >= 15 is 0 Å². The molecule has 0 spiro atoms. The lowest BCUT2D eigenvalue weighted by molar-refractivity contribution is 0.341. The van der Waals surface area contributed by atoms with Gasteiger partial charge in [-0.2, -0.15) is 5.26 Å². The first-order valence-electron chi connectivity index (χ1n) is 8.10. The molecule has 0 aliphatic carbocycles. The van der Waals surface area contributed by atoms with Gasteiger partial charge in [0.25, 0.3) is 0 Å². The van der Waals surface area contributed by atoms with Crippen molar-refractivity contribution < 1.29 is 0 Å². The average Bonchev–Trinajstić information content (AvgIpc) is 2.64. The highest BCUT2D eigenvalue weighted by atomic mass is 15.5. The van der Waals surface area contributed by atoms with E-state index in [9.17, 15) is 0 Å². The predicted molar refractivity (Wildman–Crippen MR) is 91.0 cm³/mol. The molecule has 24 heavy (non-hydrogen) atoms. The number of rotatable bonds is 5. The van der Waals surface area contributed by atoms with Gasteiger partial charge < -0.3 is 21.4 Å². The fourth-order valence-corrected chi connectivity index (χ4v) is 2.69. The number of piperidine rings is 1. The van der Waals surface area contributed by atoms with Crippen LogP contribution in [0.4, 0.5) is 5.82 Å². The van der Waals surface area contributed by atoms with E-state index in [0.29, 0.717) is 17.4 Å². The van der Waals surface area contributed by atoms with Crippen LogP contribution in [0.3, 0.4) is 0 Å². The summed E-state index contributed by atoms with van der Waals surface area (Å²) < 4.78 is 0. The highest BCUT2D eigenvalue weighted by Crippen LogP contribution is 2.13. The molecule has 2 aliphatic heterocycles. The summed E-state index contributed by atoms with van der Waals surface area (Å²) in [4.78, 5) is 8.20. The summed E-state index contributed by atoms with van der Waals surface area (Å²) >= 11 is 0. The van der Waals surface area contributed by atoms with Crippen molar-refractivity contribution in [3.8, 4) is 6.07 Å². The lowest BCUT2D eigenvalue weighted by Crippen LogP contribution is -2.39. The van der Waals surface area contributed by atoms with E-state index in [2.05, 4.69) is 31.3 Å². The number of hydrogen-bond acceptors (Lipinski definition) is 8. The molecule has 4 N–H and O–H groups in total. The van der Waals surface area contributed by atoms with Crippen molar-refractivity contribution in [3.63, 3.8) is 0 Å². The summed E-state index contributed by atoms with van der Waals surface area (Å²) in [6, 6.07) is 1.96. The summed E-state index contributed by atoms with van der Waals surface area (Å²) in [6.07, 6.45) is 9.46. The van der Waals surface area contributed by atoms with Gasteiger partial charge in [0.05, 0.1) is 18.1 Å². The first-order valence-corrected chi connectivity index (χ1v) is 8.10. The zero-order valence-electron chi connectivity index (χ0n) is 13.7. The van der Waals surface area contributed by atoms with Crippen LogP contribution in [0.1, 0.15) is 18.5 Å². The Balaban J connectivity index is 1.59. The maximum absolute atomic E-state index is 8.77. The predicted octanol–water partition coefficient (Wildman–Crippen LogP) is 0.482. The van der Waals surface area contributed by atoms with E-state index in [1.165, 1.54) is 19.0 Å². The highest BCUT2D eigenvalue weighted by molar-refractivity contribution is 5.42. The summed E-state index contributed by atoms with van der Waals surface area (Å²) in [7, 11) is 1.91. The Morgan fingerprint density at radius 2 is 2.33 bits per heavy atom. The molecule has 1 atom stereocenters. The molecule has 1 fully saturated rings. The van der Waals surface area contributed by atoms with Crippen LogP contribution >= 0.6 is 0 Å². The minimum atomic E-state index is 0.299. The Kier molecular flexibility index (Phi) is 5.13. The second-order valence-corrected chi connectivity index (χ2v) is 5.93. The van der Waals surface area contributed by atoms with Crippen LogP contribution in [0.5, 0.6) is 0 Å². The van der Waals surface area contributed by atoms with Crippen molar-refractivity contribution in [1.29, 1.82) is 5.26 Å². The van der Waals surface area contributed by atoms with E-state index in [1.54, 1.807) is 6.20 Å². The van der Waals surface area contributed by atoms with Gasteiger partial charge in [-0.3, -0.25) is 5.01 Å². The molecule has 1 aromatic rings. The van der Waals surface area contributed by atoms with E-state index < -0.39 is 0 Å². The number of nitrogens with one attached hydrogen (secondary N) is 4. The molecule has 8 heteroatoms. The summed E-state index contributed by atoms with van der Waals surface area (Å²) in [5.41, 5.74) is 4.49. The first kappa shape index (κ1) is 16.1. The van der Waals surface area contributed by atoms with E-state index in [0.717, 1.165) is 31.2 Å². The van der Waals surface area contributed by atoms with Crippen molar-refractivity contribution in [3.05, 3.63) is 41.9 Å². The molecule has 0 amide bonds. The SMILES string of the molecule is CN1NC=C(NC[C@@H]2CCCNC2)C=C1Nc1cnc(C#N)cn1. The van der Waals surface area contributed by atoms with E-state index in [4.69, 9.17) is 5.26 Å². The van der Waals surface area contributed by atoms with Gasteiger partial charge in [0, 0.05) is 25.9 Å². The second-order valence-electron chi connectivity index (χ2n) is 5.93. The number of hydrogen-bond donors (Lipinski definition) is 4. The lowest BCUT2D eigenvalue weighted by atomic mass is 10.00. The molecule has 8 nitrogen and oxygen atoms in total. The van der Waals surface area contributed by atoms with Crippen molar-refractivity contribution >= 4 is 5.82 Å². The van der Waals surface area contributed by atoms with Gasteiger partial charge in [-0.05, 0) is 31.8 Å². The third kappa shape index (κ3) is 4.14. The minimum absolute atomic E-state index is 0.299. The zero-order chi connectivity index (χ0) is 16.8. The van der Waals surface area contributed by atoms with Gasteiger partial charge in [0.1, 0.15) is 17.7 Å². The maximum Gasteiger partial charge on any atom is 0.158 e. The van der Waals surface area contributed by atoms with Crippen LogP contribution < -0.4 is 21.4 Å². The molecule has 0 unspecified atom stereocenters. The Morgan fingerprint density at radius 3 is 3.04 bits per heavy atom. The molecule has 3 heterocycles. The Labute approximate surface area is 141 Å².